The minimum atomic E-state index is -0.608. The summed E-state index contributed by atoms with van der Waals surface area (Å²) in [7, 11) is 1.65. The first-order chi connectivity index (χ1) is 14.2. The highest BCUT2D eigenvalue weighted by atomic mass is 35.5. The van der Waals surface area contributed by atoms with Crippen LogP contribution in [0.15, 0.2) is 23.3 Å². The van der Waals surface area contributed by atoms with Gasteiger partial charge in [-0.3, -0.25) is 24.8 Å². The van der Waals surface area contributed by atoms with Crippen LogP contribution in [-0.4, -0.2) is 81.8 Å². The van der Waals surface area contributed by atoms with Crippen LogP contribution in [0.3, 0.4) is 0 Å². The molecule has 0 bridgehead atoms. The molecule has 9 nitrogen and oxygen atoms in total. The van der Waals surface area contributed by atoms with Crippen LogP contribution in [0.4, 0.5) is 4.79 Å². The maximum atomic E-state index is 13.4. The molecule has 2 fully saturated rings. The Kier molecular flexibility index (Phi) is 5.48. The van der Waals surface area contributed by atoms with Crippen molar-refractivity contribution >= 4 is 46.6 Å². The SMILES string of the molecule is CC(=O)CN1N=C(C)CN2C3C(=O)N(Cc4ccc(Cl)cc4Cl)C(=O)N(C)C3NC12. The molecule has 0 saturated carbocycles. The molecule has 1 aromatic rings. The third kappa shape index (κ3) is 3.56. The maximum Gasteiger partial charge on any atom is 0.328 e. The summed E-state index contributed by atoms with van der Waals surface area (Å²) in [5, 5.41) is 10.3. The number of urea groups is 1. The van der Waals surface area contributed by atoms with Crippen molar-refractivity contribution in [3.8, 4) is 0 Å². The van der Waals surface area contributed by atoms with Gasteiger partial charge in [-0.25, -0.2) is 9.69 Å². The Hall–Kier alpha value is -2.20. The number of hydrogen-bond acceptors (Lipinski definition) is 7. The van der Waals surface area contributed by atoms with Crippen LogP contribution in [0.2, 0.25) is 10.0 Å². The van der Waals surface area contributed by atoms with Crippen molar-refractivity contribution in [2.24, 2.45) is 5.10 Å². The van der Waals surface area contributed by atoms with Gasteiger partial charge in [0, 0.05) is 29.3 Å². The topological polar surface area (TPSA) is 88.6 Å². The fourth-order valence-electron chi connectivity index (χ4n) is 4.16. The van der Waals surface area contributed by atoms with Gasteiger partial charge in [-0.15, -0.1) is 0 Å². The number of Topliss-reactive ketones (excluding diaryl/α,β-unsaturated/α-hetero) is 1. The first-order valence-corrected chi connectivity index (χ1v) is 10.3. The molecule has 3 amide bonds. The molecule has 160 valence electrons. The van der Waals surface area contributed by atoms with Gasteiger partial charge in [0.25, 0.3) is 5.91 Å². The first kappa shape index (κ1) is 21.0. The van der Waals surface area contributed by atoms with Crippen molar-refractivity contribution in [2.45, 2.75) is 38.9 Å². The predicted molar refractivity (Wildman–Crippen MR) is 112 cm³/mol. The number of amides is 3. The van der Waals surface area contributed by atoms with E-state index in [1.54, 1.807) is 30.3 Å². The van der Waals surface area contributed by atoms with Gasteiger partial charge in [0.05, 0.1) is 13.1 Å². The van der Waals surface area contributed by atoms with E-state index in [2.05, 4.69) is 10.4 Å². The molecule has 0 radical (unpaired) electrons. The zero-order valence-corrected chi connectivity index (χ0v) is 18.3. The van der Waals surface area contributed by atoms with Gasteiger partial charge >= 0.3 is 6.03 Å². The van der Waals surface area contributed by atoms with Gasteiger partial charge in [0.2, 0.25) is 0 Å². The molecule has 1 aromatic carbocycles. The van der Waals surface area contributed by atoms with Gasteiger partial charge in [-0.2, -0.15) is 5.10 Å². The standard InChI is InChI=1S/C19H22Cl2N6O3/c1-10-7-25-15-16(22-18(25)27(23-10)8-11(2)28)24(3)19(30)26(17(15)29)9-12-4-5-13(20)6-14(12)21/h4-6,15-16,18,22H,7-9H2,1-3H3. The number of rotatable bonds is 4. The van der Waals surface area contributed by atoms with Crippen LogP contribution in [0, 0.1) is 0 Å². The summed E-state index contributed by atoms with van der Waals surface area (Å²) in [5.74, 6) is -0.360. The second kappa shape index (κ2) is 7.81. The van der Waals surface area contributed by atoms with Crippen molar-refractivity contribution in [1.29, 1.82) is 0 Å². The highest BCUT2D eigenvalue weighted by Gasteiger charge is 2.56. The predicted octanol–water partition coefficient (Wildman–Crippen LogP) is 1.55. The molecule has 3 aliphatic heterocycles. The normalized spacial score (nSPS) is 26.6. The molecule has 1 N–H and O–H groups in total. The molecule has 0 aromatic heterocycles. The van der Waals surface area contributed by atoms with Crippen molar-refractivity contribution in [2.75, 3.05) is 20.1 Å². The lowest BCUT2D eigenvalue weighted by atomic mass is 10.1. The highest BCUT2D eigenvalue weighted by Crippen LogP contribution is 2.32. The smallest absolute Gasteiger partial charge is 0.310 e. The van der Waals surface area contributed by atoms with Gasteiger partial charge in [-0.1, -0.05) is 29.3 Å². The van der Waals surface area contributed by atoms with Gasteiger partial charge in [0.15, 0.2) is 12.1 Å². The lowest BCUT2D eigenvalue weighted by molar-refractivity contribution is -0.139. The second-order valence-corrected chi connectivity index (χ2v) is 8.63. The quantitative estimate of drug-likeness (QED) is 0.745. The lowest BCUT2D eigenvalue weighted by Crippen LogP contribution is -2.66. The van der Waals surface area contributed by atoms with E-state index in [9.17, 15) is 14.4 Å². The number of hydrazone groups is 1. The summed E-state index contributed by atoms with van der Waals surface area (Å²) in [4.78, 5) is 42.8. The zero-order valence-electron chi connectivity index (χ0n) is 16.8. The number of likely N-dealkylation sites (N-methyl/N-ethyl adjacent to an activating group) is 1. The Balaban J connectivity index is 1.64. The van der Waals surface area contributed by atoms with Crippen molar-refractivity contribution in [1.82, 2.24) is 25.0 Å². The van der Waals surface area contributed by atoms with Crippen LogP contribution in [0.1, 0.15) is 19.4 Å². The monoisotopic (exact) mass is 452 g/mol. The number of ketones is 1. The number of benzene rings is 1. The maximum absolute atomic E-state index is 13.4. The molecule has 0 spiro atoms. The van der Waals surface area contributed by atoms with Gasteiger partial charge in [-0.05, 0) is 31.5 Å². The number of halogens is 2. The van der Waals surface area contributed by atoms with Crippen LogP contribution in [-0.2, 0) is 16.1 Å². The van der Waals surface area contributed by atoms with E-state index < -0.39 is 24.5 Å². The molecular formula is C19H22Cl2N6O3. The largest absolute Gasteiger partial charge is 0.328 e. The van der Waals surface area contributed by atoms with E-state index in [1.807, 2.05) is 11.8 Å². The molecule has 3 aliphatic rings. The van der Waals surface area contributed by atoms with E-state index >= 15 is 0 Å². The number of nitrogens with zero attached hydrogens (tertiary/aromatic N) is 5. The lowest BCUT2D eigenvalue weighted by Gasteiger charge is -2.42. The van der Waals surface area contributed by atoms with Crippen LogP contribution in [0.25, 0.3) is 0 Å². The molecule has 3 heterocycles. The Morgan fingerprint density at radius 2 is 2.03 bits per heavy atom. The van der Waals surface area contributed by atoms with E-state index in [1.165, 1.54) is 16.7 Å². The molecular weight excluding hydrogens is 431 g/mol. The van der Waals surface area contributed by atoms with Crippen LogP contribution in [0.5, 0.6) is 0 Å². The molecule has 4 rings (SSSR count). The summed E-state index contributed by atoms with van der Waals surface area (Å²) >= 11 is 12.2. The number of carbonyl (C=O) groups is 3. The van der Waals surface area contributed by atoms with Crippen LogP contribution >= 0.6 is 23.2 Å². The molecule has 30 heavy (non-hydrogen) atoms. The molecule has 11 heteroatoms. The van der Waals surface area contributed by atoms with E-state index in [-0.39, 0.29) is 24.8 Å². The third-order valence-electron chi connectivity index (χ3n) is 5.48. The fraction of sp³-hybridized carbons (Fsp3) is 0.474. The molecule has 3 unspecified atom stereocenters. The average Bonchev–Trinajstić information content (AvgIpc) is 3.04. The Morgan fingerprint density at radius 3 is 2.70 bits per heavy atom. The number of fused-ring (bicyclic) bond motifs is 3. The second-order valence-electron chi connectivity index (χ2n) is 7.79. The minimum absolute atomic E-state index is 0.0418. The van der Waals surface area contributed by atoms with Crippen molar-refractivity contribution in [3.05, 3.63) is 33.8 Å². The number of nitrogens with one attached hydrogen (secondary N) is 1. The summed E-state index contributed by atoms with van der Waals surface area (Å²) in [5.41, 5.74) is 1.42. The Bertz CT molecular complexity index is 954. The van der Waals surface area contributed by atoms with Gasteiger partial charge < -0.3 is 4.90 Å². The van der Waals surface area contributed by atoms with Gasteiger partial charge in [0.1, 0.15) is 12.2 Å². The van der Waals surface area contributed by atoms with Crippen LogP contribution < -0.4 is 5.32 Å². The Morgan fingerprint density at radius 1 is 1.30 bits per heavy atom. The first-order valence-electron chi connectivity index (χ1n) is 9.51. The molecule has 0 aliphatic carbocycles. The van der Waals surface area contributed by atoms with Crippen molar-refractivity contribution in [3.63, 3.8) is 0 Å². The molecule has 3 atom stereocenters. The summed E-state index contributed by atoms with van der Waals surface area (Å²) < 4.78 is 0. The third-order valence-corrected chi connectivity index (χ3v) is 6.07. The molecule has 2 saturated heterocycles. The summed E-state index contributed by atoms with van der Waals surface area (Å²) in [6.07, 6.45) is -0.978. The Labute approximate surface area is 184 Å². The number of hydrogen-bond donors (Lipinski definition) is 1. The van der Waals surface area contributed by atoms with E-state index in [0.717, 1.165) is 5.71 Å². The fourth-order valence-corrected chi connectivity index (χ4v) is 4.63. The summed E-state index contributed by atoms with van der Waals surface area (Å²) in [6, 6.07) is 3.94. The summed E-state index contributed by atoms with van der Waals surface area (Å²) in [6.45, 7) is 3.95. The van der Waals surface area contributed by atoms with Crippen molar-refractivity contribution < 1.29 is 14.4 Å². The van der Waals surface area contributed by atoms with E-state index in [0.29, 0.717) is 22.2 Å². The highest BCUT2D eigenvalue weighted by molar-refractivity contribution is 6.35. The minimum Gasteiger partial charge on any atom is -0.310 e. The zero-order chi connectivity index (χ0) is 21.7. The average molecular weight is 453 g/mol. The number of imide groups is 1. The number of carbonyl (C=O) groups excluding carboxylic acids is 3. The van der Waals surface area contributed by atoms with E-state index in [4.69, 9.17) is 23.2 Å².